The highest BCUT2D eigenvalue weighted by molar-refractivity contribution is 5.74. The molecule has 3 aliphatic rings. The van der Waals surface area contributed by atoms with Crippen molar-refractivity contribution in [2.45, 2.75) is 19.0 Å². The average Bonchev–Trinajstić information content (AvgIpc) is 2.89. The molecule has 1 aromatic carbocycles. The Balaban J connectivity index is 1.83. The van der Waals surface area contributed by atoms with Crippen LogP contribution in [0, 0.1) is 0 Å². The van der Waals surface area contributed by atoms with Gasteiger partial charge in [-0.1, -0.05) is 18.2 Å². The summed E-state index contributed by atoms with van der Waals surface area (Å²) < 4.78 is 0. The molecule has 82 valence electrons. The van der Waals surface area contributed by atoms with Crippen LogP contribution in [0.2, 0.25) is 0 Å². The van der Waals surface area contributed by atoms with Crippen molar-refractivity contribution in [3.05, 3.63) is 41.2 Å². The monoisotopic (exact) mass is 213 g/mol. The van der Waals surface area contributed by atoms with E-state index in [2.05, 4.69) is 34.2 Å². The molecule has 0 spiro atoms. The second kappa shape index (κ2) is 2.80. The highest BCUT2D eigenvalue weighted by Gasteiger charge is 2.43. The SMILES string of the molecule is NCCN1C=C2Cc3cccc4c3N2C1C4. The highest BCUT2D eigenvalue weighted by Crippen LogP contribution is 2.48. The zero-order valence-corrected chi connectivity index (χ0v) is 9.19. The molecule has 16 heavy (non-hydrogen) atoms. The summed E-state index contributed by atoms with van der Waals surface area (Å²) in [5.74, 6) is 0. The molecule has 3 nitrogen and oxygen atoms in total. The second-order valence-corrected chi connectivity index (χ2v) is 4.80. The molecule has 3 aliphatic heterocycles. The third kappa shape index (κ3) is 0.877. The van der Waals surface area contributed by atoms with Gasteiger partial charge in [0.15, 0.2) is 0 Å². The summed E-state index contributed by atoms with van der Waals surface area (Å²) >= 11 is 0. The number of anilines is 1. The Morgan fingerprint density at radius 1 is 1.31 bits per heavy atom. The molecule has 0 radical (unpaired) electrons. The lowest BCUT2D eigenvalue weighted by Crippen LogP contribution is -2.39. The number of nitrogens with zero attached hydrogens (tertiary/aromatic N) is 2. The Kier molecular flexibility index (Phi) is 1.51. The normalized spacial score (nSPS) is 24.1. The van der Waals surface area contributed by atoms with E-state index in [0.717, 1.165) is 25.9 Å². The summed E-state index contributed by atoms with van der Waals surface area (Å²) in [6.45, 7) is 1.70. The van der Waals surface area contributed by atoms with Gasteiger partial charge in [-0.25, -0.2) is 0 Å². The minimum absolute atomic E-state index is 0.511. The fourth-order valence-corrected chi connectivity index (χ4v) is 3.33. The predicted octanol–water partition coefficient (Wildman–Crippen LogP) is 1.05. The number of hydrogen-bond acceptors (Lipinski definition) is 3. The summed E-state index contributed by atoms with van der Waals surface area (Å²) in [7, 11) is 0. The van der Waals surface area contributed by atoms with Crippen LogP contribution in [0.4, 0.5) is 5.69 Å². The number of rotatable bonds is 2. The first kappa shape index (κ1) is 8.65. The van der Waals surface area contributed by atoms with E-state index in [1.165, 1.54) is 22.5 Å². The van der Waals surface area contributed by atoms with E-state index in [1.807, 2.05) is 0 Å². The van der Waals surface area contributed by atoms with Crippen LogP contribution in [-0.4, -0.2) is 24.2 Å². The Morgan fingerprint density at radius 2 is 2.19 bits per heavy atom. The molecule has 0 aliphatic carbocycles. The van der Waals surface area contributed by atoms with Crippen LogP contribution in [0.1, 0.15) is 11.1 Å². The first-order valence-electron chi connectivity index (χ1n) is 5.95. The molecule has 3 heterocycles. The van der Waals surface area contributed by atoms with Gasteiger partial charge in [-0.3, -0.25) is 0 Å². The maximum atomic E-state index is 5.67. The molecule has 0 amide bonds. The summed E-state index contributed by atoms with van der Waals surface area (Å²) in [5.41, 5.74) is 11.6. The van der Waals surface area contributed by atoms with Gasteiger partial charge in [-0.15, -0.1) is 0 Å². The van der Waals surface area contributed by atoms with Crippen molar-refractivity contribution in [3.63, 3.8) is 0 Å². The Labute approximate surface area is 95.1 Å². The fraction of sp³-hybridized carbons (Fsp3) is 0.385. The number of allylic oxidation sites excluding steroid dienone is 1. The maximum Gasteiger partial charge on any atom is 0.110 e. The van der Waals surface area contributed by atoms with Crippen LogP contribution >= 0.6 is 0 Å². The van der Waals surface area contributed by atoms with Gasteiger partial charge in [0, 0.05) is 43.5 Å². The van der Waals surface area contributed by atoms with Crippen molar-refractivity contribution >= 4 is 5.69 Å². The summed E-state index contributed by atoms with van der Waals surface area (Å²) in [6, 6.07) is 6.71. The first-order valence-corrected chi connectivity index (χ1v) is 5.95. The lowest BCUT2D eigenvalue weighted by atomic mass is 10.1. The topological polar surface area (TPSA) is 32.5 Å². The van der Waals surface area contributed by atoms with Gasteiger partial charge in [-0.05, 0) is 11.1 Å². The lowest BCUT2D eigenvalue weighted by Gasteiger charge is -2.26. The lowest BCUT2D eigenvalue weighted by molar-refractivity contribution is 0.315. The third-order valence-electron chi connectivity index (χ3n) is 3.91. The number of benzene rings is 1. The molecular weight excluding hydrogens is 198 g/mol. The highest BCUT2D eigenvalue weighted by atomic mass is 15.4. The quantitative estimate of drug-likeness (QED) is 0.797. The maximum absolute atomic E-state index is 5.67. The van der Waals surface area contributed by atoms with Gasteiger partial charge in [0.25, 0.3) is 0 Å². The molecular formula is C13H15N3. The fourth-order valence-electron chi connectivity index (χ4n) is 3.33. The van der Waals surface area contributed by atoms with Crippen molar-refractivity contribution in [1.29, 1.82) is 0 Å². The van der Waals surface area contributed by atoms with Gasteiger partial charge in [0.05, 0.1) is 0 Å². The van der Waals surface area contributed by atoms with Crippen LogP contribution in [0.3, 0.4) is 0 Å². The molecule has 0 saturated carbocycles. The molecule has 3 heteroatoms. The molecule has 1 unspecified atom stereocenters. The minimum Gasteiger partial charge on any atom is -0.354 e. The zero-order valence-electron chi connectivity index (χ0n) is 9.19. The summed E-state index contributed by atoms with van der Waals surface area (Å²) in [5, 5.41) is 0. The Bertz CT molecular complexity index is 492. The van der Waals surface area contributed by atoms with Gasteiger partial charge >= 0.3 is 0 Å². The zero-order chi connectivity index (χ0) is 10.7. The van der Waals surface area contributed by atoms with Gasteiger partial charge in [-0.2, -0.15) is 0 Å². The number of hydrogen-bond donors (Lipinski definition) is 1. The van der Waals surface area contributed by atoms with Crippen LogP contribution in [0.5, 0.6) is 0 Å². The van der Waals surface area contributed by atoms with E-state index in [1.54, 1.807) is 0 Å². The smallest absolute Gasteiger partial charge is 0.110 e. The molecule has 1 atom stereocenters. The van der Waals surface area contributed by atoms with Crippen molar-refractivity contribution in [2.75, 3.05) is 18.0 Å². The van der Waals surface area contributed by atoms with Gasteiger partial charge in [0.2, 0.25) is 0 Å². The van der Waals surface area contributed by atoms with Crippen LogP contribution in [0.25, 0.3) is 0 Å². The average molecular weight is 213 g/mol. The third-order valence-corrected chi connectivity index (χ3v) is 3.91. The predicted molar refractivity (Wildman–Crippen MR) is 64.0 cm³/mol. The molecule has 0 aromatic heterocycles. The van der Waals surface area contributed by atoms with Crippen molar-refractivity contribution < 1.29 is 0 Å². The molecule has 4 rings (SSSR count). The molecule has 2 N–H and O–H groups in total. The molecule has 0 fully saturated rings. The van der Waals surface area contributed by atoms with Crippen molar-refractivity contribution in [3.8, 4) is 0 Å². The Morgan fingerprint density at radius 3 is 3.06 bits per heavy atom. The summed E-state index contributed by atoms with van der Waals surface area (Å²) in [4.78, 5) is 4.92. The van der Waals surface area contributed by atoms with Crippen LogP contribution in [0.15, 0.2) is 30.1 Å². The van der Waals surface area contributed by atoms with Crippen molar-refractivity contribution in [2.24, 2.45) is 5.73 Å². The standard InChI is InChI=1S/C13H15N3/c14-4-5-15-8-11-6-9-2-1-3-10-7-12(15)16(11)13(9)10/h1-3,8,12H,4-7,14H2. The second-order valence-electron chi connectivity index (χ2n) is 4.80. The number of para-hydroxylation sites is 1. The van der Waals surface area contributed by atoms with E-state index >= 15 is 0 Å². The largest absolute Gasteiger partial charge is 0.354 e. The van der Waals surface area contributed by atoms with Crippen LogP contribution < -0.4 is 10.6 Å². The molecule has 0 saturated heterocycles. The van der Waals surface area contributed by atoms with E-state index in [9.17, 15) is 0 Å². The van der Waals surface area contributed by atoms with E-state index in [0.29, 0.717) is 6.17 Å². The van der Waals surface area contributed by atoms with E-state index < -0.39 is 0 Å². The van der Waals surface area contributed by atoms with Crippen molar-refractivity contribution in [1.82, 2.24) is 4.90 Å². The first-order chi connectivity index (χ1) is 7.88. The number of nitrogens with two attached hydrogens (primary N) is 1. The van der Waals surface area contributed by atoms with E-state index in [4.69, 9.17) is 5.73 Å². The molecule has 0 bridgehead atoms. The Hall–Kier alpha value is -1.48. The minimum atomic E-state index is 0.511. The van der Waals surface area contributed by atoms with Gasteiger partial charge in [0.1, 0.15) is 6.17 Å². The van der Waals surface area contributed by atoms with Gasteiger partial charge < -0.3 is 15.5 Å². The van der Waals surface area contributed by atoms with E-state index in [-0.39, 0.29) is 0 Å². The molecule has 1 aromatic rings. The summed E-state index contributed by atoms with van der Waals surface area (Å²) in [6.07, 6.45) is 5.06. The van der Waals surface area contributed by atoms with Crippen LogP contribution in [-0.2, 0) is 12.8 Å².